The van der Waals surface area contributed by atoms with Gasteiger partial charge in [0, 0.05) is 5.69 Å². The third kappa shape index (κ3) is 2.82. The Balaban J connectivity index is 2.44. The Kier molecular flexibility index (Phi) is 3.39. The van der Waals surface area contributed by atoms with Crippen LogP contribution in [0.15, 0.2) is 45.7 Å². The maximum atomic E-state index is 12.0. The van der Waals surface area contributed by atoms with Crippen molar-refractivity contribution in [1.82, 2.24) is 9.78 Å². The Morgan fingerprint density at radius 2 is 1.89 bits per heavy atom. The minimum absolute atomic E-state index is 0.0967. The molecule has 0 fully saturated rings. The Bertz CT molecular complexity index is 717. The van der Waals surface area contributed by atoms with Gasteiger partial charge in [0.1, 0.15) is 0 Å². The van der Waals surface area contributed by atoms with E-state index in [0.29, 0.717) is 0 Å². The lowest BCUT2D eigenvalue weighted by Gasteiger charge is -2.03. The molecule has 7 heteroatoms. The van der Waals surface area contributed by atoms with Gasteiger partial charge in [-0.05, 0) is 32.0 Å². The van der Waals surface area contributed by atoms with Crippen molar-refractivity contribution in [2.75, 3.05) is 0 Å². The summed E-state index contributed by atoms with van der Waals surface area (Å²) in [5, 5.41) is 4.08. The molecule has 2 aromatic rings. The number of hydrogen-bond donors (Lipinski definition) is 1. The van der Waals surface area contributed by atoms with E-state index in [1.54, 1.807) is 38.1 Å². The highest BCUT2D eigenvalue weighted by Crippen LogP contribution is 2.11. The van der Waals surface area contributed by atoms with E-state index in [4.69, 9.17) is 5.73 Å². The smallest absolute Gasteiger partial charge is 0.285 e. The van der Waals surface area contributed by atoms with Gasteiger partial charge < -0.3 is 5.73 Å². The van der Waals surface area contributed by atoms with Crippen molar-refractivity contribution < 1.29 is 8.42 Å². The van der Waals surface area contributed by atoms with Gasteiger partial charge in [0.15, 0.2) is 0 Å². The summed E-state index contributed by atoms with van der Waals surface area (Å²) in [6.45, 7) is 3.57. The van der Waals surface area contributed by atoms with Gasteiger partial charge in [0.2, 0.25) is 5.96 Å². The minimum Gasteiger partial charge on any atom is -0.367 e. The monoisotopic (exact) mass is 278 g/mol. The van der Waals surface area contributed by atoms with Crippen molar-refractivity contribution >= 4 is 16.0 Å². The van der Waals surface area contributed by atoms with Crippen molar-refractivity contribution in [3.8, 4) is 0 Å². The molecule has 0 aliphatic rings. The molecule has 2 rings (SSSR count). The van der Waals surface area contributed by atoms with E-state index in [1.807, 2.05) is 0 Å². The topological polar surface area (TPSA) is 90.3 Å². The highest BCUT2D eigenvalue weighted by atomic mass is 32.2. The third-order valence-electron chi connectivity index (χ3n) is 2.48. The van der Waals surface area contributed by atoms with Crippen LogP contribution in [0.25, 0.3) is 0 Å². The van der Waals surface area contributed by atoms with Crippen LogP contribution in [0.2, 0.25) is 0 Å². The molecular formula is C12H14N4O2S. The maximum Gasteiger partial charge on any atom is 0.285 e. The summed E-state index contributed by atoms with van der Waals surface area (Å²) in [6, 6.07) is 9.70. The van der Waals surface area contributed by atoms with Crippen molar-refractivity contribution in [3.05, 3.63) is 47.8 Å². The summed E-state index contributed by atoms with van der Waals surface area (Å²) in [7, 11) is -3.81. The Hall–Kier alpha value is -2.15. The van der Waals surface area contributed by atoms with E-state index >= 15 is 0 Å². The van der Waals surface area contributed by atoms with Crippen LogP contribution in [0.5, 0.6) is 0 Å². The standard InChI is InChI=1S/C12H14N4O2S/c1-9-8-10(2)16(14-9)12(13)15-19(17,18)11-6-4-3-5-7-11/h3-8H,1-2H3,(H2,13,15). The fraction of sp³-hybridized carbons (Fsp3) is 0.167. The molecule has 1 aromatic carbocycles. The molecule has 0 atom stereocenters. The average Bonchev–Trinajstić information content (AvgIpc) is 2.69. The molecule has 0 unspecified atom stereocenters. The van der Waals surface area contributed by atoms with E-state index in [0.717, 1.165) is 11.4 Å². The third-order valence-corrected chi connectivity index (χ3v) is 3.78. The van der Waals surface area contributed by atoms with E-state index in [-0.39, 0.29) is 10.9 Å². The van der Waals surface area contributed by atoms with Crippen LogP contribution < -0.4 is 5.73 Å². The van der Waals surface area contributed by atoms with Crippen LogP contribution in [-0.4, -0.2) is 24.2 Å². The first-order chi connectivity index (χ1) is 8.90. The molecule has 0 radical (unpaired) electrons. The SMILES string of the molecule is Cc1cc(C)n(/C(N)=N\S(=O)(=O)c2ccccc2)n1. The van der Waals surface area contributed by atoms with Gasteiger partial charge in [-0.1, -0.05) is 18.2 Å². The molecule has 0 aliphatic heterocycles. The zero-order valence-corrected chi connectivity index (χ0v) is 11.4. The van der Waals surface area contributed by atoms with Crippen LogP contribution >= 0.6 is 0 Å². The molecule has 0 spiro atoms. The van der Waals surface area contributed by atoms with Crippen molar-refractivity contribution in [1.29, 1.82) is 0 Å². The largest absolute Gasteiger partial charge is 0.367 e. The first kappa shape index (κ1) is 13.3. The molecule has 0 bridgehead atoms. The predicted molar refractivity (Wildman–Crippen MR) is 72.3 cm³/mol. The summed E-state index contributed by atoms with van der Waals surface area (Å²) >= 11 is 0. The lowest BCUT2D eigenvalue weighted by atomic mass is 10.4. The highest BCUT2D eigenvalue weighted by molar-refractivity contribution is 7.90. The lowest BCUT2D eigenvalue weighted by molar-refractivity contribution is 0.597. The van der Waals surface area contributed by atoms with Gasteiger partial charge in [-0.3, -0.25) is 0 Å². The van der Waals surface area contributed by atoms with Gasteiger partial charge in [-0.25, -0.2) is 4.68 Å². The summed E-state index contributed by atoms with van der Waals surface area (Å²) in [5.74, 6) is -0.172. The van der Waals surface area contributed by atoms with Crippen LogP contribution in [0.3, 0.4) is 0 Å². The molecule has 6 nitrogen and oxygen atoms in total. The molecule has 1 aromatic heterocycles. The van der Waals surface area contributed by atoms with E-state index in [9.17, 15) is 8.42 Å². The number of benzene rings is 1. The summed E-state index contributed by atoms with van der Waals surface area (Å²) in [4.78, 5) is 0.0967. The second kappa shape index (κ2) is 4.85. The van der Waals surface area contributed by atoms with E-state index in [2.05, 4.69) is 9.50 Å². The molecule has 19 heavy (non-hydrogen) atoms. The number of aryl methyl sites for hydroxylation is 2. The van der Waals surface area contributed by atoms with Gasteiger partial charge in [-0.15, -0.1) is 4.40 Å². The van der Waals surface area contributed by atoms with E-state index in [1.165, 1.54) is 16.8 Å². The van der Waals surface area contributed by atoms with Gasteiger partial charge >= 0.3 is 0 Å². The molecular weight excluding hydrogens is 264 g/mol. The number of rotatable bonds is 2. The van der Waals surface area contributed by atoms with Crippen molar-refractivity contribution in [2.24, 2.45) is 10.1 Å². The molecule has 0 saturated heterocycles. The molecule has 0 amide bonds. The Morgan fingerprint density at radius 3 is 2.42 bits per heavy atom. The average molecular weight is 278 g/mol. The summed E-state index contributed by atoms with van der Waals surface area (Å²) in [5.41, 5.74) is 7.17. The zero-order valence-electron chi connectivity index (χ0n) is 10.6. The number of nitrogens with two attached hydrogens (primary N) is 1. The second-order valence-corrected chi connectivity index (χ2v) is 5.68. The molecule has 1 heterocycles. The first-order valence-corrected chi connectivity index (χ1v) is 7.03. The van der Waals surface area contributed by atoms with Crippen LogP contribution in [0.1, 0.15) is 11.4 Å². The quantitative estimate of drug-likeness (QED) is 0.656. The lowest BCUT2D eigenvalue weighted by Crippen LogP contribution is -2.26. The first-order valence-electron chi connectivity index (χ1n) is 5.59. The number of aromatic nitrogens is 2. The summed E-state index contributed by atoms with van der Waals surface area (Å²) in [6.07, 6.45) is 0. The zero-order chi connectivity index (χ0) is 14.0. The maximum absolute atomic E-state index is 12.0. The van der Waals surface area contributed by atoms with Crippen LogP contribution in [0, 0.1) is 13.8 Å². The van der Waals surface area contributed by atoms with Crippen LogP contribution in [0.4, 0.5) is 0 Å². The number of nitrogens with zero attached hydrogens (tertiary/aromatic N) is 3. The number of hydrogen-bond acceptors (Lipinski definition) is 3. The second-order valence-electron chi connectivity index (χ2n) is 4.08. The fourth-order valence-electron chi connectivity index (χ4n) is 1.67. The van der Waals surface area contributed by atoms with E-state index < -0.39 is 10.0 Å². The van der Waals surface area contributed by atoms with Crippen molar-refractivity contribution in [2.45, 2.75) is 18.7 Å². The normalized spacial score (nSPS) is 12.6. The minimum atomic E-state index is -3.81. The van der Waals surface area contributed by atoms with Gasteiger partial charge in [0.25, 0.3) is 10.0 Å². The van der Waals surface area contributed by atoms with Gasteiger partial charge in [0.05, 0.1) is 10.6 Å². The molecule has 0 saturated carbocycles. The van der Waals surface area contributed by atoms with Crippen molar-refractivity contribution in [3.63, 3.8) is 0 Å². The predicted octanol–water partition coefficient (Wildman–Crippen LogP) is 1.05. The van der Waals surface area contributed by atoms with Gasteiger partial charge in [-0.2, -0.15) is 13.5 Å². The van der Waals surface area contributed by atoms with Crippen LogP contribution in [-0.2, 0) is 10.0 Å². The molecule has 2 N–H and O–H groups in total. The molecule has 0 aliphatic carbocycles. The Morgan fingerprint density at radius 1 is 1.26 bits per heavy atom. The fourth-order valence-corrected chi connectivity index (χ4v) is 2.60. The summed E-state index contributed by atoms with van der Waals surface area (Å²) < 4.78 is 28.9. The number of sulfonamides is 1. The molecule has 100 valence electrons. The highest BCUT2D eigenvalue weighted by Gasteiger charge is 2.14. The Labute approximate surface area is 111 Å².